The highest BCUT2D eigenvalue weighted by atomic mass is 16.3. The van der Waals surface area contributed by atoms with Crippen LogP contribution in [0.25, 0.3) is 98.3 Å². The van der Waals surface area contributed by atoms with Crippen LogP contribution in [0.5, 0.6) is 0 Å². The maximum atomic E-state index is 6.46. The molecule has 10 aromatic rings. The van der Waals surface area contributed by atoms with Gasteiger partial charge in [-0.15, -0.1) is 0 Å². The molecule has 0 aliphatic carbocycles. The molecule has 204 valence electrons. The van der Waals surface area contributed by atoms with E-state index in [1.165, 1.54) is 59.8 Å². The fourth-order valence-corrected chi connectivity index (χ4v) is 7.46. The van der Waals surface area contributed by atoms with Gasteiger partial charge in [-0.1, -0.05) is 103 Å². The van der Waals surface area contributed by atoms with E-state index >= 15 is 0 Å². The zero-order valence-electron chi connectivity index (χ0n) is 23.7. The maximum absolute atomic E-state index is 6.46. The van der Waals surface area contributed by atoms with Crippen molar-refractivity contribution < 1.29 is 8.83 Å². The minimum atomic E-state index is 0.873. The molecule has 0 fully saturated rings. The molecule has 0 aliphatic rings. The fraction of sp³-hybridized carbons (Fsp3) is 0. The van der Waals surface area contributed by atoms with Crippen molar-refractivity contribution >= 4 is 76.0 Å². The summed E-state index contributed by atoms with van der Waals surface area (Å²) >= 11 is 0. The Morgan fingerprint density at radius 2 is 0.955 bits per heavy atom. The maximum Gasteiger partial charge on any atom is 0.136 e. The molecule has 2 heterocycles. The van der Waals surface area contributed by atoms with E-state index < -0.39 is 0 Å². The topological polar surface area (TPSA) is 26.3 Å². The van der Waals surface area contributed by atoms with Crippen LogP contribution in [0.1, 0.15) is 0 Å². The average Bonchev–Trinajstić information content (AvgIpc) is 3.71. The second-order valence-electron chi connectivity index (χ2n) is 11.6. The van der Waals surface area contributed by atoms with E-state index in [-0.39, 0.29) is 0 Å². The first kappa shape index (κ1) is 23.7. The highest BCUT2D eigenvalue weighted by molar-refractivity contribution is 6.26. The van der Waals surface area contributed by atoms with Crippen LogP contribution in [0.3, 0.4) is 0 Å². The van der Waals surface area contributed by atoms with Crippen LogP contribution in [0.15, 0.2) is 155 Å². The number of furan rings is 2. The van der Waals surface area contributed by atoms with Gasteiger partial charge >= 0.3 is 0 Å². The van der Waals surface area contributed by atoms with Crippen LogP contribution in [0.2, 0.25) is 0 Å². The summed E-state index contributed by atoms with van der Waals surface area (Å²) in [6, 6.07) is 50.3. The van der Waals surface area contributed by atoms with Gasteiger partial charge in [-0.3, -0.25) is 0 Å². The molecule has 8 aromatic carbocycles. The Hall–Kier alpha value is -5.86. The summed E-state index contributed by atoms with van der Waals surface area (Å²) in [6.07, 6.45) is 1.75. The Bertz CT molecular complexity index is 2720. The number of benzene rings is 8. The van der Waals surface area contributed by atoms with E-state index in [1.54, 1.807) is 6.26 Å². The van der Waals surface area contributed by atoms with Crippen LogP contribution in [0.4, 0.5) is 0 Å². The molecule has 0 unspecified atom stereocenters. The van der Waals surface area contributed by atoms with Gasteiger partial charge in [0.1, 0.15) is 16.7 Å². The van der Waals surface area contributed by atoms with Gasteiger partial charge in [0.05, 0.1) is 6.26 Å². The summed E-state index contributed by atoms with van der Waals surface area (Å²) < 4.78 is 12.1. The van der Waals surface area contributed by atoms with Gasteiger partial charge in [0.25, 0.3) is 0 Å². The quantitative estimate of drug-likeness (QED) is 0.155. The highest BCUT2D eigenvalue weighted by Gasteiger charge is 2.20. The van der Waals surface area contributed by atoms with Crippen molar-refractivity contribution in [2.24, 2.45) is 0 Å². The van der Waals surface area contributed by atoms with Crippen LogP contribution in [-0.2, 0) is 0 Å². The Balaban J connectivity index is 1.32. The van der Waals surface area contributed by atoms with E-state index in [4.69, 9.17) is 8.83 Å². The van der Waals surface area contributed by atoms with E-state index in [1.807, 2.05) is 18.2 Å². The van der Waals surface area contributed by atoms with E-state index in [0.29, 0.717) is 0 Å². The monoisotopic (exact) mass is 560 g/mol. The molecule has 2 heteroatoms. The first-order valence-corrected chi connectivity index (χ1v) is 15.0. The molecular weight excluding hydrogens is 536 g/mol. The normalized spacial score (nSPS) is 12.1. The SMILES string of the molecule is c1ccc2c(c1)cc(-c1c3ccccc3c(-c3ccc4c(c3)oc3ccc5occc5c34)c3ccccc13)c1ccccc12. The number of rotatable bonds is 2. The molecule has 0 N–H and O–H groups in total. The molecule has 0 bridgehead atoms. The van der Waals surface area contributed by atoms with Crippen molar-refractivity contribution in [2.75, 3.05) is 0 Å². The van der Waals surface area contributed by atoms with Crippen LogP contribution in [0, 0.1) is 0 Å². The van der Waals surface area contributed by atoms with Crippen LogP contribution >= 0.6 is 0 Å². The largest absolute Gasteiger partial charge is 0.464 e. The summed E-state index contributed by atoms with van der Waals surface area (Å²) in [6.45, 7) is 0. The molecule has 0 saturated carbocycles. The molecule has 0 spiro atoms. The minimum absolute atomic E-state index is 0.873. The summed E-state index contributed by atoms with van der Waals surface area (Å²) in [7, 11) is 0. The van der Waals surface area contributed by atoms with Crippen LogP contribution in [-0.4, -0.2) is 0 Å². The lowest BCUT2D eigenvalue weighted by molar-refractivity contribution is 0.615. The molecular formula is C42H24O2. The third-order valence-corrected chi connectivity index (χ3v) is 9.33. The van der Waals surface area contributed by atoms with Gasteiger partial charge in [0, 0.05) is 16.2 Å². The van der Waals surface area contributed by atoms with Crippen molar-refractivity contribution in [3.8, 4) is 22.3 Å². The van der Waals surface area contributed by atoms with Gasteiger partial charge in [-0.2, -0.15) is 0 Å². The van der Waals surface area contributed by atoms with Crippen molar-refractivity contribution in [3.63, 3.8) is 0 Å². The van der Waals surface area contributed by atoms with Gasteiger partial charge in [0.15, 0.2) is 0 Å². The second-order valence-corrected chi connectivity index (χ2v) is 11.6. The number of fused-ring (bicyclic) bond motifs is 10. The molecule has 0 aliphatic heterocycles. The molecule has 0 radical (unpaired) electrons. The van der Waals surface area contributed by atoms with Crippen molar-refractivity contribution in [1.82, 2.24) is 0 Å². The summed E-state index contributed by atoms with van der Waals surface area (Å²) in [5.74, 6) is 0. The minimum Gasteiger partial charge on any atom is -0.464 e. The third kappa shape index (κ3) is 3.20. The molecule has 10 rings (SSSR count). The molecule has 2 aromatic heterocycles. The average molecular weight is 561 g/mol. The van der Waals surface area contributed by atoms with Crippen LogP contribution < -0.4 is 0 Å². The van der Waals surface area contributed by atoms with Gasteiger partial charge in [-0.25, -0.2) is 0 Å². The van der Waals surface area contributed by atoms with E-state index in [9.17, 15) is 0 Å². The highest BCUT2D eigenvalue weighted by Crippen LogP contribution is 2.47. The number of hydrogen-bond donors (Lipinski definition) is 0. The molecule has 44 heavy (non-hydrogen) atoms. The third-order valence-electron chi connectivity index (χ3n) is 9.33. The molecule has 0 amide bonds. The molecule has 2 nitrogen and oxygen atoms in total. The Morgan fingerprint density at radius 1 is 0.364 bits per heavy atom. The smallest absolute Gasteiger partial charge is 0.136 e. The zero-order chi connectivity index (χ0) is 28.8. The van der Waals surface area contributed by atoms with Crippen molar-refractivity contribution in [3.05, 3.63) is 146 Å². The summed E-state index contributed by atoms with van der Waals surface area (Å²) in [5.41, 5.74) is 7.52. The fourth-order valence-electron chi connectivity index (χ4n) is 7.46. The Morgan fingerprint density at radius 3 is 1.70 bits per heavy atom. The Labute approximate surface area is 252 Å². The number of hydrogen-bond acceptors (Lipinski definition) is 2. The van der Waals surface area contributed by atoms with E-state index in [0.717, 1.165) is 38.5 Å². The standard InChI is InChI=1S/C42H24O2/c1-2-10-27-25(9-1)23-36(29-12-4-3-11-28(27)29)41-32-15-7-5-13-30(32)40(31-14-6-8-16-33(31)41)26-17-18-34-39(24-26)44-38-20-19-37-35(42(34)38)21-22-43-37/h1-24H. The van der Waals surface area contributed by atoms with Gasteiger partial charge < -0.3 is 8.83 Å². The molecule has 0 atom stereocenters. The lowest BCUT2D eigenvalue weighted by atomic mass is 9.84. The summed E-state index contributed by atoms with van der Waals surface area (Å²) in [5, 5.41) is 13.3. The summed E-state index contributed by atoms with van der Waals surface area (Å²) in [4.78, 5) is 0. The van der Waals surface area contributed by atoms with Crippen molar-refractivity contribution in [1.29, 1.82) is 0 Å². The molecule has 0 saturated heterocycles. The lowest BCUT2D eigenvalue weighted by Gasteiger charge is -2.19. The lowest BCUT2D eigenvalue weighted by Crippen LogP contribution is -1.92. The second kappa shape index (κ2) is 8.82. The first-order chi connectivity index (χ1) is 21.8. The first-order valence-electron chi connectivity index (χ1n) is 15.0. The van der Waals surface area contributed by atoms with Gasteiger partial charge in [-0.05, 0) is 102 Å². The van der Waals surface area contributed by atoms with E-state index in [2.05, 4.69) is 121 Å². The zero-order valence-corrected chi connectivity index (χ0v) is 23.7. The Kier molecular flexibility index (Phi) is 4.75. The predicted octanol–water partition coefficient (Wildman–Crippen LogP) is 12.3. The van der Waals surface area contributed by atoms with Gasteiger partial charge in [0.2, 0.25) is 0 Å². The predicted molar refractivity (Wildman–Crippen MR) is 184 cm³/mol. The van der Waals surface area contributed by atoms with Crippen molar-refractivity contribution in [2.45, 2.75) is 0 Å².